The first-order valence-electron chi connectivity index (χ1n) is 5.36. The van der Waals surface area contributed by atoms with Gasteiger partial charge in [-0.05, 0) is 24.3 Å². The maximum absolute atomic E-state index is 12.0. The van der Waals surface area contributed by atoms with Gasteiger partial charge in [0.15, 0.2) is 0 Å². The topological polar surface area (TPSA) is 55.4 Å². The molecule has 0 aliphatic rings. The quantitative estimate of drug-likeness (QED) is 0.883. The molecule has 0 saturated heterocycles. The summed E-state index contributed by atoms with van der Waals surface area (Å²) in [7, 11) is 1.31. The summed E-state index contributed by atoms with van der Waals surface area (Å²) in [6, 6.07) is 10.00. The van der Waals surface area contributed by atoms with Crippen molar-refractivity contribution in [1.29, 1.82) is 0 Å². The van der Waals surface area contributed by atoms with Gasteiger partial charge in [0, 0.05) is 0 Å². The minimum Gasteiger partial charge on any atom is -0.465 e. The van der Waals surface area contributed by atoms with Crippen LogP contribution in [0.3, 0.4) is 0 Å². The Labute approximate surface area is 119 Å². The molecule has 98 valence electrons. The van der Waals surface area contributed by atoms with Gasteiger partial charge in [-0.1, -0.05) is 23.7 Å². The van der Waals surface area contributed by atoms with Gasteiger partial charge < -0.3 is 10.1 Å². The third kappa shape index (κ3) is 3.13. The zero-order valence-electron chi connectivity index (χ0n) is 9.98. The molecule has 0 aliphatic carbocycles. The van der Waals surface area contributed by atoms with Gasteiger partial charge in [-0.3, -0.25) is 4.79 Å². The van der Waals surface area contributed by atoms with Crippen LogP contribution in [-0.2, 0) is 4.74 Å². The molecule has 1 N–H and O–H groups in total. The van der Waals surface area contributed by atoms with E-state index in [1.165, 1.54) is 7.11 Å². The lowest BCUT2D eigenvalue weighted by Gasteiger charge is -2.03. The largest absolute Gasteiger partial charge is 0.465 e. The number of ether oxygens (including phenoxy) is 1. The zero-order valence-corrected chi connectivity index (χ0v) is 11.5. The maximum atomic E-state index is 12.0. The number of thiophene rings is 1. The first-order chi connectivity index (χ1) is 9.11. The number of carbonyl (C=O) groups is 2. The van der Waals surface area contributed by atoms with Crippen LogP contribution in [0.4, 0.5) is 5.00 Å². The third-order valence-electron chi connectivity index (χ3n) is 2.35. The van der Waals surface area contributed by atoms with Crippen molar-refractivity contribution in [3.8, 4) is 0 Å². The van der Waals surface area contributed by atoms with Crippen LogP contribution in [0.25, 0.3) is 0 Å². The van der Waals surface area contributed by atoms with Gasteiger partial charge in [0.05, 0.1) is 22.7 Å². The third-order valence-corrected chi connectivity index (χ3v) is 3.66. The summed E-state index contributed by atoms with van der Waals surface area (Å²) in [5.41, 5.74) is 0.386. The average molecular weight is 296 g/mol. The van der Waals surface area contributed by atoms with Crippen LogP contribution in [0.15, 0.2) is 36.4 Å². The van der Waals surface area contributed by atoms with Gasteiger partial charge in [0.2, 0.25) is 0 Å². The van der Waals surface area contributed by atoms with Gasteiger partial charge in [-0.2, -0.15) is 0 Å². The second-order valence-electron chi connectivity index (χ2n) is 3.59. The van der Waals surface area contributed by atoms with Crippen LogP contribution in [0.2, 0.25) is 5.02 Å². The highest BCUT2D eigenvalue weighted by Gasteiger charge is 2.13. The van der Waals surface area contributed by atoms with E-state index in [0.29, 0.717) is 20.5 Å². The van der Waals surface area contributed by atoms with Gasteiger partial charge in [-0.25, -0.2) is 4.79 Å². The Balaban J connectivity index is 2.14. The smallest absolute Gasteiger partial charge is 0.348 e. The number of hydrogen-bond donors (Lipinski definition) is 1. The Bertz CT molecular complexity index is 624. The fraction of sp³-hybridized carbons (Fsp3) is 0.0769. The number of amides is 1. The van der Waals surface area contributed by atoms with Gasteiger partial charge in [0.25, 0.3) is 5.91 Å². The van der Waals surface area contributed by atoms with E-state index in [9.17, 15) is 9.59 Å². The highest BCUT2D eigenvalue weighted by molar-refractivity contribution is 7.18. The van der Waals surface area contributed by atoms with Crippen LogP contribution >= 0.6 is 22.9 Å². The lowest BCUT2D eigenvalue weighted by molar-refractivity contribution is 0.0606. The molecule has 1 heterocycles. The van der Waals surface area contributed by atoms with Crippen LogP contribution in [-0.4, -0.2) is 19.0 Å². The fourth-order valence-electron chi connectivity index (χ4n) is 1.44. The van der Waals surface area contributed by atoms with Crippen LogP contribution < -0.4 is 5.32 Å². The van der Waals surface area contributed by atoms with Crippen molar-refractivity contribution < 1.29 is 14.3 Å². The SMILES string of the molecule is COC(=O)c1ccc(NC(=O)c2ccccc2Cl)s1. The number of methoxy groups -OCH3 is 1. The first kappa shape index (κ1) is 13.6. The van der Waals surface area contributed by atoms with E-state index in [-0.39, 0.29) is 5.91 Å². The standard InChI is InChI=1S/C13H10ClNO3S/c1-18-13(17)10-6-7-11(19-10)15-12(16)8-4-2-3-5-9(8)14/h2-7H,1H3,(H,15,16). The van der Waals surface area contributed by atoms with Crippen molar-refractivity contribution in [1.82, 2.24) is 0 Å². The molecule has 4 nitrogen and oxygen atoms in total. The minimum atomic E-state index is -0.428. The number of benzene rings is 1. The second kappa shape index (κ2) is 5.86. The highest BCUT2D eigenvalue weighted by atomic mass is 35.5. The Hall–Kier alpha value is -1.85. The number of halogens is 1. The van der Waals surface area contributed by atoms with Crippen molar-refractivity contribution in [3.05, 3.63) is 51.9 Å². The van der Waals surface area contributed by atoms with Gasteiger partial charge >= 0.3 is 5.97 Å². The Morgan fingerprint density at radius 1 is 1.21 bits per heavy atom. The molecule has 1 aromatic heterocycles. The molecule has 0 unspecified atom stereocenters. The Morgan fingerprint density at radius 2 is 1.95 bits per heavy atom. The molecule has 0 radical (unpaired) electrons. The fourth-order valence-corrected chi connectivity index (χ4v) is 2.48. The van der Waals surface area contributed by atoms with Gasteiger partial charge in [0.1, 0.15) is 4.88 Å². The molecule has 1 aromatic carbocycles. The second-order valence-corrected chi connectivity index (χ2v) is 5.08. The van der Waals surface area contributed by atoms with Gasteiger partial charge in [-0.15, -0.1) is 11.3 Å². The number of carbonyl (C=O) groups excluding carboxylic acids is 2. The van der Waals surface area contributed by atoms with Crippen molar-refractivity contribution in [2.45, 2.75) is 0 Å². The van der Waals surface area contributed by atoms with Crippen molar-refractivity contribution in [2.24, 2.45) is 0 Å². The normalized spacial score (nSPS) is 10.0. The van der Waals surface area contributed by atoms with Crippen LogP contribution in [0.1, 0.15) is 20.0 Å². The Morgan fingerprint density at radius 3 is 2.63 bits per heavy atom. The molecule has 2 rings (SSSR count). The van der Waals surface area contributed by atoms with E-state index in [4.69, 9.17) is 11.6 Å². The molecule has 0 atom stereocenters. The number of rotatable bonds is 3. The summed E-state index contributed by atoms with van der Waals surface area (Å²) in [6.07, 6.45) is 0. The van der Waals surface area contributed by atoms with Crippen LogP contribution in [0, 0.1) is 0 Å². The summed E-state index contributed by atoms with van der Waals surface area (Å²) in [5.74, 6) is -0.743. The van der Waals surface area contributed by atoms with E-state index >= 15 is 0 Å². The molecular weight excluding hydrogens is 286 g/mol. The van der Waals surface area contributed by atoms with E-state index in [0.717, 1.165) is 11.3 Å². The summed E-state index contributed by atoms with van der Waals surface area (Å²) in [6.45, 7) is 0. The first-order valence-corrected chi connectivity index (χ1v) is 6.55. The maximum Gasteiger partial charge on any atom is 0.348 e. The number of hydrogen-bond acceptors (Lipinski definition) is 4. The van der Waals surface area contributed by atoms with E-state index in [1.807, 2.05) is 0 Å². The van der Waals surface area contributed by atoms with E-state index in [2.05, 4.69) is 10.1 Å². The number of anilines is 1. The van der Waals surface area contributed by atoms with E-state index < -0.39 is 5.97 Å². The minimum absolute atomic E-state index is 0.316. The molecule has 6 heteroatoms. The average Bonchev–Trinajstić information content (AvgIpc) is 2.86. The lowest BCUT2D eigenvalue weighted by atomic mass is 10.2. The molecular formula is C13H10ClNO3S. The molecule has 2 aromatic rings. The summed E-state index contributed by atoms with van der Waals surface area (Å²) in [4.78, 5) is 23.7. The summed E-state index contributed by atoms with van der Waals surface area (Å²) >= 11 is 7.08. The molecule has 0 bridgehead atoms. The molecule has 0 saturated carbocycles. The van der Waals surface area contributed by atoms with Crippen molar-refractivity contribution >= 4 is 39.8 Å². The zero-order chi connectivity index (χ0) is 13.8. The molecule has 0 aliphatic heterocycles. The predicted molar refractivity (Wildman–Crippen MR) is 75.1 cm³/mol. The predicted octanol–water partition coefficient (Wildman–Crippen LogP) is 3.44. The van der Waals surface area contributed by atoms with Crippen molar-refractivity contribution in [3.63, 3.8) is 0 Å². The van der Waals surface area contributed by atoms with Crippen molar-refractivity contribution in [2.75, 3.05) is 12.4 Å². The molecule has 0 fully saturated rings. The number of esters is 1. The Kier molecular flexibility index (Phi) is 4.19. The molecule has 0 spiro atoms. The molecule has 1 amide bonds. The monoisotopic (exact) mass is 295 g/mol. The molecule has 19 heavy (non-hydrogen) atoms. The van der Waals surface area contributed by atoms with E-state index in [1.54, 1.807) is 36.4 Å². The summed E-state index contributed by atoms with van der Waals surface area (Å²) < 4.78 is 4.60. The van der Waals surface area contributed by atoms with Crippen LogP contribution in [0.5, 0.6) is 0 Å². The lowest BCUT2D eigenvalue weighted by Crippen LogP contribution is -2.11. The highest BCUT2D eigenvalue weighted by Crippen LogP contribution is 2.24. The number of nitrogens with one attached hydrogen (secondary N) is 1. The summed E-state index contributed by atoms with van der Waals surface area (Å²) in [5, 5.41) is 3.63.